The van der Waals surface area contributed by atoms with Gasteiger partial charge in [0.25, 0.3) is 0 Å². The number of nitrogens with zero attached hydrogens (tertiary/aromatic N) is 1. The van der Waals surface area contributed by atoms with E-state index in [1.165, 1.54) is 0 Å². The predicted octanol–water partition coefficient (Wildman–Crippen LogP) is 1.24. The number of hydrogen-bond donors (Lipinski definition) is 0. The van der Waals surface area contributed by atoms with Crippen LogP contribution in [0.5, 0.6) is 0 Å². The molecule has 0 N–H and O–H groups in total. The molecular formula is C7H13NO2. The molecule has 0 radical (unpaired) electrons. The van der Waals surface area contributed by atoms with Gasteiger partial charge in [0.1, 0.15) is 0 Å². The highest BCUT2D eigenvalue weighted by Gasteiger charge is 2.17. The Morgan fingerprint density at radius 2 is 2.10 bits per heavy atom. The first-order valence-electron chi connectivity index (χ1n) is 3.76. The van der Waals surface area contributed by atoms with Crippen molar-refractivity contribution in [1.82, 2.24) is 4.90 Å². The Hall–Kier alpha value is -0.730. The molecule has 1 amide bonds. The van der Waals surface area contributed by atoms with Gasteiger partial charge in [-0.05, 0) is 19.8 Å². The van der Waals surface area contributed by atoms with Crippen molar-refractivity contribution in [2.75, 3.05) is 19.7 Å². The van der Waals surface area contributed by atoms with Crippen LogP contribution in [0.3, 0.4) is 0 Å². The van der Waals surface area contributed by atoms with E-state index in [0.29, 0.717) is 6.61 Å². The number of ether oxygens (including phenoxy) is 1. The van der Waals surface area contributed by atoms with Gasteiger partial charge in [0.15, 0.2) is 0 Å². The highest BCUT2D eigenvalue weighted by Crippen LogP contribution is 2.08. The van der Waals surface area contributed by atoms with Crippen LogP contribution < -0.4 is 0 Å². The zero-order chi connectivity index (χ0) is 7.40. The second kappa shape index (κ2) is 3.44. The zero-order valence-corrected chi connectivity index (χ0v) is 6.30. The molecule has 1 saturated heterocycles. The summed E-state index contributed by atoms with van der Waals surface area (Å²) < 4.78 is 4.81. The van der Waals surface area contributed by atoms with Crippen LogP contribution >= 0.6 is 0 Å². The van der Waals surface area contributed by atoms with E-state index in [0.717, 1.165) is 25.9 Å². The van der Waals surface area contributed by atoms with Gasteiger partial charge in [0, 0.05) is 13.1 Å². The lowest BCUT2D eigenvalue weighted by atomic mass is 10.4. The van der Waals surface area contributed by atoms with E-state index in [1.54, 1.807) is 4.90 Å². The highest BCUT2D eigenvalue weighted by atomic mass is 16.6. The first-order chi connectivity index (χ1) is 4.84. The monoisotopic (exact) mass is 143 g/mol. The van der Waals surface area contributed by atoms with Crippen molar-refractivity contribution < 1.29 is 9.53 Å². The minimum absolute atomic E-state index is 0.153. The fourth-order valence-corrected chi connectivity index (χ4v) is 1.11. The van der Waals surface area contributed by atoms with Gasteiger partial charge in [0.05, 0.1) is 6.61 Å². The highest BCUT2D eigenvalue weighted by molar-refractivity contribution is 5.67. The van der Waals surface area contributed by atoms with Gasteiger partial charge in [-0.1, -0.05) is 0 Å². The Kier molecular flexibility index (Phi) is 2.54. The van der Waals surface area contributed by atoms with Crippen LogP contribution in [0, 0.1) is 0 Å². The largest absolute Gasteiger partial charge is 0.450 e. The Balaban J connectivity index is 2.25. The fourth-order valence-electron chi connectivity index (χ4n) is 1.11. The lowest BCUT2D eigenvalue weighted by Gasteiger charge is -2.13. The average Bonchev–Trinajstić information content (AvgIpc) is 2.38. The quantitative estimate of drug-likeness (QED) is 0.552. The summed E-state index contributed by atoms with van der Waals surface area (Å²) in [6.07, 6.45) is 2.09. The van der Waals surface area contributed by atoms with E-state index in [1.807, 2.05) is 6.92 Å². The molecule has 3 nitrogen and oxygen atoms in total. The molecule has 3 heteroatoms. The summed E-state index contributed by atoms with van der Waals surface area (Å²) in [5, 5.41) is 0. The Morgan fingerprint density at radius 1 is 1.50 bits per heavy atom. The van der Waals surface area contributed by atoms with Crippen molar-refractivity contribution in [3.8, 4) is 0 Å². The van der Waals surface area contributed by atoms with Crippen LogP contribution in [0.15, 0.2) is 0 Å². The summed E-state index contributed by atoms with van der Waals surface area (Å²) in [7, 11) is 0. The first kappa shape index (κ1) is 7.38. The zero-order valence-electron chi connectivity index (χ0n) is 6.30. The van der Waals surface area contributed by atoms with Gasteiger partial charge in [-0.2, -0.15) is 0 Å². The standard InChI is InChI=1S/C7H13NO2/c1-2-10-7(9)8-5-3-4-6-8/h2-6H2,1H3. The molecule has 10 heavy (non-hydrogen) atoms. The Bertz CT molecular complexity index is 119. The van der Waals surface area contributed by atoms with Gasteiger partial charge in [0.2, 0.25) is 0 Å². The smallest absolute Gasteiger partial charge is 0.409 e. The minimum atomic E-state index is -0.153. The summed E-state index contributed by atoms with van der Waals surface area (Å²) in [5.41, 5.74) is 0. The first-order valence-corrected chi connectivity index (χ1v) is 3.76. The molecule has 0 spiro atoms. The lowest BCUT2D eigenvalue weighted by molar-refractivity contribution is 0.116. The number of carbonyl (C=O) groups excluding carboxylic acids is 1. The molecule has 1 rings (SSSR count). The van der Waals surface area contributed by atoms with Crippen molar-refractivity contribution in [3.63, 3.8) is 0 Å². The van der Waals surface area contributed by atoms with Crippen LogP contribution in [0.1, 0.15) is 19.8 Å². The van der Waals surface area contributed by atoms with Crippen LogP contribution in [0.25, 0.3) is 0 Å². The van der Waals surface area contributed by atoms with Crippen LogP contribution in [0.4, 0.5) is 4.79 Å². The summed E-state index contributed by atoms with van der Waals surface area (Å²) in [6.45, 7) is 4.06. The molecule has 1 heterocycles. The molecule has 0 aromatic carbocycles. The number of likely N-dealkylation sites (tertiary alicyclic amines) is 1. The van der Waals surface area contributed by atoms with Crippen LogP contribution in [0.2, 0.25) is 0 Å². The molecule has 0 aromatic heterocycles. The molecule has 0 unspecified atom stereocenters. The fraction of sp³-hybridized carbons (Fsp3) is 0.857. The van der Waals surface area contributed by atoms with E-state index >= 15 is 0 Å². The molecular weight excluding hydrogens is 130 g/mol. The maximum atomic E-state index is 10.9. The van der Waals surface area contributed by atoms with Crippen molar-refractivity contribution in [1.29, 1.82) is 0 Å². The summed E-state index contributed by atoms with van der Waals surface area (Å²) >= 11 is 0. The van der Waals surface area contributed by atoms with Crippen LogP contribution in [-0.4, -0.2) is 30.7 Å². The molecule has 0 saturated carbocycles. The van der Waals surface area contributed by atoms with E-state index in [4.69, 9.17) is 4.74 Å². The van der Waals surface area contributed by atoms with Gasteiger partial charge < -0.3 is 9.64 Å². The van der Waals surface area contributed by atoms with E-state index in [9.17, 15) is 4.79 Å². The normalized spacial score (nSPS) is 17.5. The van der Waals surface area contributed by atoms with Gasteiger partial charge >= 0.3 is 6.09 Å². The third kappa shape index (κ3) is 1.62. The summed E-state index contributed by atoms with van der Waals surface area (Å²) in [4.78, 5) is 12.7. The van der Waals surface area contributed by atoms with Crippen LogP contribution in [-0.2, 0) is 4.74 Å². The van der Waals surface area contributed by atoms with E-state index < -0.39 is 0 Å². The van der Waals surface area contributed by atoms with Gasteiger partial charge in [-0.3, -0.25) is 0 Å². The SMILES string of the molecule is CCOC(=O)N1CCCC1. The Labute approximate surface area is 61.0 Å². The molecule has 0 atom stereocenters. The molecule has 0 aromatic rings. The third-order valence-corrected chi connectivity index (χ3v) is 1.63. The number of amides is 1. The van der Waals surface area contributed by atoms with Crippen molar-refractivity contribution in [3.05, 3.63) is 0 Å². The average molecular weight is 143 g/mol. The number of carbonyl (C=O) groups is 1. The molecule has 0 bridgehead atoms. The van der Waals surface area contributed by atoms with E-state index in [2.05, 4.69) is 0 Å². The summed E-state index contributed by atoms with van der Waals surface area (Å²) in [6, 6.07) is 0. The van der Waals surface area contributed by atoms with Gasteiger partial charge in [-0.25, -0.2) is 4.79 Å². The maximum Gasteiger partial charge on any atom is 0.409 e. The third-order valence-electron chi connectivity index (χ3n) is 1.63. The number of rotatable bonds is 1. The predicted molar refractivity (Wildman–Crippen MR) is 37.8 cm³/mol. The molecule has 0 aliphatic carbocycles. The van der Waals surface area contributed by atoms with Crippen molar-refractivity contribution >= 4 is 6.09 Å². The second-order valence-corrected chi connectivity index (χ2v) is 2.39. The van der Waals surface area contributed by atoms with E-state index in [-0.39, 0.29) is 6.09 Å². The molecule has 1 aliphatic heterocycles. The topological polar surface area (TPSA) is 29.5 Å². The van der Waals surface area contributed by atoms with Crippen molar-refractivity contribution in [2.24, 2.45) is 0 Å². The summed E-state index contributed by atoms with van der Waals surface area (Å²) in [5.74, 6) is 0. The minimum Gasteiger partial charge on any atom is -0.450 e. The second-order valence-electron chi connectivity index (χ2n) is 2.39. The molecule has 58 valence electrons. The molecule has 1 fully saturated rings. The maximum absolute atomic E-state index is 10.9. The van der Waals surface area contributed by atoms with Crippen molar-refractivity contribution in [2.45, 2.75) is 19.8 Å². The Morgan fingerprint density at radius 3 is 2.60 bits per heavy atom. The van der Waals surface area contributed by atoms with Gasteiger partial charge in [-0.15, -0.1) is 0 Å². The number of hydrogen-bond acceptors (Lipinski definition) is 2. The lowest BCUT2D eigenvalue weighted by Crippen LogP contribution is -2.28. The molecule has 1 aliphatic rings.